The lowest BCUT2D eigenvalue weighted by atomic mass is 10.0. The topological polar surface area (TPSA) is 0 Å². The molecule has 0 saturated heterocycles. The Hall–Kier alpha value is -0.970. The fraction of sp³-hybridized carbons (Fsp3) is 0.0769. The molecule has 0 saturated carbocycles. The second-order valence-electron chi connectivity index (χ2n) is 3.94. The number of benzene rings is 2. The maximum absolute atomic E-state index is 13.8. The highest BCUT2D eigenvalue weighted by Crippen LogP contribution is 2.38. The predicted molar refractivity (Wildman–Crippen MR) is 71.9 cm³/mol. The molecule has 7 heteroatoms. The summed E-state index contributed by atoms with van der Waals surface area (Å²) in [6.45, 7) is 0. The highest BCUT2D eigenvalue weighted by molar-refractivity contribution is 6.44. The van der Waals surface area contributed by atoms with Gasteiger partial charge < -0.3 is 0 Å². The monoisotopic (exact) mass is 342 g/mol. The molecule has 0 atom stereocenters. The molecule has 0 unspecified atom stereocenters. The second kappa shape index (κ2) is 5.43. The van der Waals surface area contributed by atoms with Gasteiger partial charge in [0.25, 0.3) is 0 Å². The van der Waals surface area contributed by atoms with E-state index in [1.807, 2.05) is 0 Å². The minimum atomic E-state index is -4.61. The van der Waals surface area contributed by atoms with Crippen LogP contribution in [-0.2, 0) is 6.18 Å². The summed E-state index contributed by atoms with van der Waals surface area (Å²) < 4.78 is 51.2. The van der Waals surface area contributed by atoms with E-state index in [-0.39, 0.29) is 26.2 Å². The number of hydrogen-bond acceptors (Lipinski definition) is 0. The van der Waals surface area contributed by atoms with Gasteiger partial charge in [-0.3, -0.25) is 0 Å². The van der Waals surface area contributed by atoms with Crippen LogP contribution >= 0.6 is 34.8 Å². The van der Waals surface area contributed by atoms with Crippen LogP contribution in [0.2, 0.25) is 15.1 Å². The molecule has 0 radical (unpaired) electrons. The number of hydrogen-bond donors (Lipinski definition) is 0. The van der Waals surface area contributed by atoms with Crippen molar-refractivity contribution in [1.82, 2.24) is 0 Å². The van der Waals surface area contributed by atoms with Crippen LogP contribution in [0.4, 0.5) is 17.6 Å². The molecular formula is C13H5Cl3F4. The average Bonchev–Trinajstić information content (AvgIpc) is 2.33. The van der Waals surface area contributed by atoms with E-state index in [4.69, 9.17) is 34.8 Å². The van der Waals surface area contributed by atoms with Crippen LogP contribution in [-0.4, -0.2) is 0 Å². The molecule has 0 spiro atoms. The lowest BCUT2D eigenvalue weighted by Crippen LogP contribution is -2.05. The van der Waals surface area contributed by atoms with E-state index in [9.17, 15) is 17.6 Å². The van der Waals surface area contributed by atoms with Gasteiger partial charge in [-0.25, -0.2) is 4.39 Å². The number of halogens is 7. The third-order valence-electron chi connectivity index (χ3n) is 2.60. The van der Waals surface area contributed by atoms with Gasteiger partial charge >= 0.3 is 6.18 Å². The molecule has 2 rings (SSSR count). The molecule has 2 aromatic rings. The highest BCUT2D eigenvalue weighted by atomic mass is 35.5. The van der Waals surface area contributed by atoms with Crippen molar-refractivity contribution in [1.29, 1.82) is 0 Å². The first kappa shape index (κ1) is 15.4. The first-order chi connectivity index (χ1) is 9.20. The van der Waals surface area contributed by atoms with Crippen molar-refractivity contribution >= 4 is 34.8 Å². The zero-order valence-electron chi connectivity index (χ0n) is 9.53. The molecule has 2 aromatic carbocycles. The Balaban J connectivity index is 2.57. The van der Waals surface area contributed by atoms with Crippen LogP contribution in [0, 0.1) is 5.82 Å². The minimum absolute atomic E-state index is 0.0819. The van der Waals surface area contributed by atoms with Gasteiger partial charge in [0.1, 0.15) is 5.82 Å². The summed E-state index contributed by atoms with van der Waals surface area (Å²) in [5.41, 5.74) is -0.983. The average molecular weight is 344 g/mol. The summed E-state index contributed by atoms with van der Waals surface area (Å²) in [5.74, 6) is -1.04. The largest absolute Gasteiger partial charge is 0.416 e. The van der Waals surface area contributed by atoms with Crippen LogP contribution in [0.1, 0.15) is 5.56 Å². The van der Waals surface area contributed by atoms with Crippen molar-refractivity contribution in [3.8, 4) is 11.1 Å². The molecule has 0 bridgehead atoms. The van der Waals surface area contributed by atoms with E-state index in [0.29, 0.717) is 6.07 Å². The Bertz CT molecular complexity index is 665. The van der Waals surface area contributed by atoms with Crippen molar-refractivity contribution in [3.05, 3.63) is 56.8 Å². The van der Waals surface area contributed by atoms with E-state index in [2.05, 4.69) is 0 Å². The van der Waals surface area contributed by atoms with Crippen LogP contribution in [0.25, 0.3) is 11.1 Å². The Kier molecular flexibility index (Phi) is 4.19. The maximum Gasteiger partial charge on any atom is 0.416 e. The molecule has 0 amide bonds. The summed E-state index contributed by atoms with van der Waals surface area (Å²) in [4.78, 5) is 0. The molecule has 0 aliphatic carbocycles. The maximum atomic E-state index is 13.8. The summed E-state index contributed by atoms with van der Waals surface area (Å²) in [7, 11) is 0. The van der Waals surface area contributed by atoms with E-state index < -0.39 is 17.6 Å². The molecule has 0 fully saturated rings. The molecule has 20 heavy (non-hydrogen) atoms. The van der Waals surface area contributed by atoms with Gasteiger partial charge in [-0.2, -0.15) is 13.2 Å². The smallest absolute Gasteiger partial charge is 0.206 e. The van der Waals surface area contributed by atoms with E-state index in [1.54, 1.807) is 0 Å². The zero-order valence-corrected chi connectivity index (χ0v) is 11.8. The first-order valence-corrected chi connectivity index (χ1v) is 6.35. The summed E-state index contributed by atoms with van der Waals surface area (Å²) in [5, 5.41) is 0.399. The first-order valence-electron chi connectivity index (χ1n) is 5.22. The molecule has 0 nitrogen and oxygen atoms in total. The van der Waals surface area contributed by atoms with E-state index >= 15 is 0 Å². The van der Waals surface area contributed by atoms with Gasteiger partial charge in [-0.15, -0.1) is 0 Å². The van der Waals surface area contributed by atoms with Crippen molar-refractivity contribution in [2.45, 2.75) is 6.18 Å². The molecule has 0 aliphatic heterocycles. The molecule has 0 aromatic heterocycles. The Morgan fingerprint density at radius 3 is 1.90 bits per heavy atom. The van der Waals surface area contributed by atoms with Crippen molar-refractivity contribution in [2.24, 2.45) is 0 Å². The van der Waals surface area contributed by atoms with Crippen LogP contribution in [0.5, 0.6) is 0 Å². The fourth-order valence-corrected chi connectivity index (χ4v) is 2.29. The summed E-state index contributed by atoms with van der Waals surface area (Å²) in [6.07, 6.45) is -4.61. The van der Waals surface area contributed by atoms with Crippen molar-refractivity contribution in [3.63, 3.8) is 0 Å². The molecule has 0 aliphatic rings. The van der Waals surface area contributed by atoms with Crippen LogP contribution < -0.4 is 0 Å². The highest BCUT2D eigenvalue weighted by Gasteiger charge is 2.31. The molecular weight excluding hydrogens is 338 g/mol. The quantitative estimate of drug-likeness (QED) is 0.411. The van der Waals surface area contributed by atoms with Gasteiger partial charge in [-0.1, -0.05) is 40.9 Å². The van der Waals surface area contributed by atoms with Crippen molar-refractivity contribution < 1.29 is 17.6 Å². The zero-order chi connectivity index (χ0) is 15.1. The van der Waals surface area contributed by atoms with Gasteiger partial charge in [0.15, 0.2) is 0 Å². The number of rotatable bonds is 1. The molecule has 0 N–H and O–H groups in total. The van der Waals surface area contributed by atoms with E-state index in [1.165, 1.54) is 12.1 Å². The Labute approximate surface area is 126 Å². The third-order valence-corrected chi connectivity index (χ3v) is 3.63. The second-order valence-corrected chi connectivity index (χ2v) is 5.16. The Morgan fingerprint density at radius 2 is 1.35 bits per heavy atom. The van der Waals surface area contributed by atoms with Gasteiger partial charge in [0.05, 0.1) is 20.6 Å². The SMILES string of the molecule is Fc1cc(C(F)(F)F)ccc1-c1cc(Cl)c(Cl)cc1Cl. The lowest BCUT2D eigenvalue weighted by molar-refractivity contribution is -0.137. The predicted octanol–water partition coefficient (Wildman–Crippen LogP) is 6.47. The standard InChI is InChI=1S/C13H5Cl3F4/c14-9-5-11(16)10(15)4-8(9)7-2-1-6(3-12(7)17)13(18,19)20/h1-5H. The lowest BCUT2D eigenvalue weighted by Gasteiger charge is -2.11. The Morgan fingerprint density at radius 1 is 0.750 bits per heavy atom. The van der Waals surface area contributed by atoms with Crippen molar-refractivity contribution in [2.75, 3.05) is 0 Å². The third kappa shape index (κ3) is 3.03. The van der Waals surface area contributed by atoms with E-state index in [0.717, 1.165) is 12.1 Å². The summed E-state index contributed by atoms with van der Waals surface area (Å²) >= 11 is 17.4. The summed E-state index contributed by atoms with van der Waals surface area (Å²) in [6, 6.07) is 4.80. The fourth-order valence-electron chi connectivity index (χ4n) is 1.64. The molecule has 106 valence electrons. The molecule has 0 heterocycles. The van der Waals surface area contributed by atoms with Crippen LogP contribution in [0.15, 0.2) is 30.3 Å². The number of alkyl halides is 3. The normalized spacial score (nSPS) is 11.8. The van der Waals surface area contributed by atoms with Crippen LogP contribution in [0.3, 0.4) is 0 Å². The van der Waals surface area contributed by atoms with Gasteiger partial charge in [0, 0.05) is 11.1 Å². The minimum Gasteiger partial charge on any atom is -0.206 e. The van der Waals surface area contributed by atoms with Gasteiger partial charge in [0.2, 0.25) is 0 Å². The van der Waals surface area contributed by atoms with Gasteiger partial charge in [-0.05, 0) is 24.3 Å².